The van der Waals surface area contributed by atoms with Crippen LogP contribution in [0.2, 0.25) is 5.02 Å². The van der Waals surface area contributed by atoms with Crippen molar-refractivity contribution in [1.82, 2.24) is 4.98 Å². The lowest BCUT2D eigenvalue weighted by molar-refractivity contribution is -0.124. The van der Waals surface area contributed by atoms with Gasteiger partial charge in [0.1, 0.15) is 28.7 Å². The molecule has 0 saturated heterocycles. The third-order valence-corrected chi connectivity index (χ3v) is 4.86. The Hall–Kier alpha value is -3.65. The maximum atomic E-state index is 14.0. The fourth-order valence-electron chi connectivity index (χ4n) is 3.01. The van der Waals surface area contributed by atoms with Crippen molar-refractivity contribution in [1.29, 1.82) is 0 Å². The Morgan fingerprint density at radius 1 is 1.06 bits per heavy atom. The lowest BCUT2D eigenvalue weighted by atomic mass is 10.2. The molecule has 0 saturated carbocycles. The summed E-state index contributed by atoms with van der Waals surface area (Å²) >= 11 is 5.93. The van der Waals surface area contributed by atoms with Gasteiger partial charge < -0.3 is 18.8 Å². The molecule has 1 amide bonds. The number of hydrogen-bond acceptors (Lipinski definition) is 5. The number of halogens is 3. The molecule has 0 aliphatic carbocycles. The van der Waals surface area contributed by atoms with E-state index in [2.05, 4.69) is 4.98 Å². The van der Waals surface area contributed by atoms with Crippen molar-refractivity contribution in [2.24, 2.45) is 0 Å². The zero-order chi connectivity index (χ0) is 22.8. The number of rotatable bonds is 6. The molecule has 4 aromatic rings. The monoisotopic (exact) mass is 458 g/mol. The molecule has 0 radical (unpaired) electrons. The van der Waals surface area contributed by atoms with Gasteiger partial charge in [0.05, 0.1) is 5.69 Å². The highest BCUT2D eigenvalue weighted by atomic mass is 35.5. The van der Waals surface area contributed by atoms with Gasteiger partial charge in [0, 0.05) is 24.2 Å². The van der Waals surface area contributed by atoms with Crippen molar-refractivity contribution in [2.75, 3.05) is 11.9 Å². The van der Waals surface area contributed by atoms with Crippen LogP contribution in [0.1, 0.15) is 6.92 Å². The van der Waals surface area contributed by atoms with Crippen LogP contribution in [0.3, 0.4) is 0 Å². The van der Waals surface area contributed by atoms with Crippen molar-refractivity contribution in [2.45, 2.75) is 13.0 Å². The summed E-state index contributed by atoms with van der Waals surface area (Å²) in [6.45, 7) is 1.54. The number of aromatic nitrogens is 1. The van der Waals surface area contributed by atoms with Crippen molar-refractivity contribution < 1.29 is 27.5 Å². The molecular weight excluding hydrogens is 442 g/mol. The minimum Gasteiger partial charge on any atom is -0.481 e. The van der Waals surface area contributed by atoms with Gasteiger partial charge in [-0.25, -0.2) is 8.78 Å². The number of amides is 1. The van der Waals surface area contributed by atoms with Crippen LogP contribution < -0.4 is 14.4 Å². The summed E-state index contributed by atoms with van der Waals surface area (Å²) in [5.74, 6) is -1.22. The van der Waals surface area contributed by atoms with Crippen LogP contribution >= 0.6 is 11.6 Å². The van der Waals surface area contributed by atoms with E-state index >= 15 is 0 Å². The Bertz CT molecular complexity index is 1280. The molecule has 6 nitrogen and oxygen atoms in total. The van der Waals surface area contributed by atoms with Crippen LogP contribution in [0.15, 0.2) is 65.1 Å². The summed E-state index contributed by atoms with van der Waals surface area (Å²) in [7, 11) is 1.39. The summed E-state index contributed by atoms with van der Waals surface area (Å²) in [5, 5.41) is 0.526. The minimum absolute atomic E-state index is 0.0461. The van der Waals surface area contributed by atoms with Crippen molar-refractivity contribution in [3.63, 3.8) is 0 Å². The SMILES string of the molecule is CC(Oc1ccc(Oc2nc3ccc(Cl)cc3o2)cc1)C(=O)N(C)c1ccc(F)cc1F. The summed E-state index contributed by atoms with van der Waals surface area (Å²) < 4.78 is 43.8. The van der Waals surface area contributed by atoms with E-state index in [4.69, 9.17) is 25.5 Å². The first-order valence-electron chi connectivity index (χ1n) is 9.53. The molecule has 1 unspecified atom stereocenters. The number of anilines is 1. The fraction of sp³-hybridized carbons (Fsp3) is 0.130. The van der Waals surface area contributed by atoms with Crippen molar-refractivity contribution in [3.05, 3.63) is 77.3 Å². The average Bonchev–Trinajstić information content (AvgIpc) is 3.15. The van der Waals surface area contributed by atoms with E-state index < -0.39 is 23.6 Å². The zero-order valence-electron chi connectivity index (χ0n) is 17.0. The van der Waals surface area contributed by atoms with Gasteiger partial charge in [0.15, 0.2) is 11.7 Å². The number of likely N-dealkylation sites (N-methyl/N-ethyl adjacent to an activating group) is 1. The van der Waals surface area contributed by atoms with Crippen LogP contribution in [0.5, 0.6) is 17.6 Å². The smallest absolute Gasteiger partial charge is 0.400 e. The largest absolute Gasteiger partial charge is 0.481 e. The predicted octanol–water partition coefficient (Wildman–Crippen LogP) is 5.98. The first kappa shape index (κ1) is 21.6. The van der Waals surface area contributed by atoms with E-state index in [1.54, 1.807) is 42.5 Å². The molecule has 0 bridgehead atoms. The van der Waals surface area contributed by atoms with Gasteiger partial charge in [0.2, 0.25) is 0 Å². The second kappa shape index (κ2) is 8.84. The summed E-state index contributed by atoms with van der Waals surface area (Å²) in [6.07, 6.45) is -0.861. The van der Waals surface area contributed by atoms with Gasteiger partial charge in [-0.2, -0.15) is 4.98 Å². The van der Waals surface area contributed by atoms with Gasteiger partial charge in [-0.1, -0.05) is 11.6 Å². The van der Waals surface area contributed by atoms with Crippen molar-refractivity contribution in [3.8, 4) is 17.6 Å². The Morgan fingerprint density at radius 2 is 1.78 bits per heavy atom. The third kappa shape index (κ3) is 4.65. The van der Waals surface area contributed by atoms with Gasteiger partial charge in [-0.3, -0.25) is 4.79 Å². The molecule has 1 aromatic heterocycles. The second-order valence-corrected chi connectivity index (χ2v) is 7.35. The lowest BCUT2D eigenvalue weighted by Crippen LogP contribution is -2.38. The highest BCUT2D eigenvalue weighted by Crippen LogP contribution is 2.28. The summed E-state index contributed by atoms with van der Waals surface area (Å²) in [6, 6.07) is 14.5. The van der Waals surface area contributed by atoms with E-state index in [1.165, 1.54) is 20.0 Å². The number of hydrogen-bond donors (Lipinski definition) is 0. The molecule has 9 heteroatoms. The molecule has 0 fully saturated rings. The first-order chi connectivity index (χ1) is 15.3. The molecule has 1 heterocycles. The second-order valence-electron chi connectivity index (χ2n) is 6.92. The maximum absolute atomic E-state index is 14.0. The van der Waals surface area contributed by atoms with E-state index in [0.717, 1.165) is 17.0 Å². The Kier molecular flexibility index (Phi) is 5.96. The molecule has 1 atom stereocenters. The molecule has 0 aliphatic rings. The number of carbonyl (C=O) groups excluding carboxylic acids is 1. The summed E-state index contributed by atoms with van der Waals surface area (Å²) in [4.78, 5) is 17.9. The quantitative estimate of drug-likeness (QED) is 0.355. The molecule has 32 heavy (non-hydrogen) atoms. The number of ether oxygens (including phenoxy) is 2. The topological polar surface area (TPSA) is 64.8 Å². The predicted molar refractivity (Wildman–Crippen MR) is 115 cm³/mol. The normalized spacial score (nSPS) is 11.9. The molecule has 0 N–H and O–H groups in total. The van der Waals surface area contributed by atoms with E-state index in [9.17, 15) is 13.6 Å². The molecule has 164 valence electrons. The van der Waals surface area contributed by atoms with E-state index in [1.807, 2.05) is 0 Å². The highest BCUT2D eigenvalue weighted by Gasteiger charge is 2.23. The van der Waals surface area contributed by atoms with Gasteiger partial charge >= 0.3 is 6.08 Å². The number of benzene rings is 3. The van der Waals surface area contributed by atoms with Crippen LogP contribution in [-0.2, 0) is 4.79 Å². The molecular formula is C23H17ClF2N2O4. The molecule has 0 spiro atoms. The van der Waals surface area contributed by atoms with Crippen LogP contribution in [-0.4, -0.2) is 24.0 Å². The van der Waals surface area contributed by atoms with E-state index in [0.29, 0.717) is 27.6 Å². The molecule has 4 rings (SSSR count). The Labute approximate surface area is 186 Å². The van der Waals surface area contributed by atoms with Gasteiger partial charge in [-0.05, 0) is 55.5 Å². The third-order valence-electron chi connectivity index (χ3n) is 4.62. The first-order valence-corrected chi connectivity index (χ1v) is 9.91. The van der Waals surface area contributed by atoms with Crippen LogP contribution in [0, 0.1) is 11.6 Å². The number of oxazole rings is 1. The lowest BCUT2D eigenvalue weighted by Gasteiger charge is -2.22. The summed E-state index contributed by atoms with van der Waals surface area (Å²) in [5.41, 5.74) is 1.06. The minimum atomic E-state index is -0.919. The van der Waals surface area contributed by atoms with Gasteiger partial charge in [0.25, 0.3) is 5.91 Å². The number of carbonyl (C=O) groups is 1. The Balaban J connectivity index is 1.40. The maximum Gasteiger partial charge on any atom is 0.400 e. The van der Waals surface area contributed by atoms with E-state index in [-0.39, 0.29) is 11.8 Å². The number of fused-ring (bicyclic) bond motifs is 1. The van der Waals surface area contributed by atoms with Gasteiger partial charge in [-0.15, -0.1) is 0 Å². The average molecular weight is 459 g/mol. The van der Waals surface area contributed by atoms with Crippen LogP contribution in [0.4, 0.5) is 14.5 Å². The highest BCUT2D eigenvalue weighted by molar-refractivity contribution is 6.31. The van der Waals surface area contributed by atoms with Crippen LogP contribution in [0.25, 0.3) is 11.1 Å². The van der Waals surface area contributed by atoms with Crippen molar-refractivity contribution >= 4 is 34.3 Å². The number of nitrogens with zero attached hydrogens (tertiary/aromatic N) is 2. The standard InChI is InChI=1S/C23H17ClF2N2O4/c1-13(22(29)28(2)20-10-4-15(25)12-18(20)26)30-16-5-7-17(8-6-16)31-23-27-19-9-3-14(24)11-21(19)32-23/h3-13H,1-2H3. The Morgan fingerprint density at radius 3 is 2.50 bits per heavy atom. The fourth-order valence-corrected chi connectivity index (χ4v) is 3.17. The molecule has 0 aliphatic heterocycles. The zero-order valence-corrected chi connectivity index (χ0v) is 17.8. The molecule has 3 aromatic carbocycles.